The van der Waals surface area contributed by atoms with Crippen molar-refractivity contribution in [3.8, 4) is 0 Å². The van der Waals surface area contributed by atoms with Crippen molar-refractivity contribution in [3.63, 3.8) is 0 Å². The molecule has 0 atom stereocenters. The van der Waals surface area contributed by atoms with Crippen molar-refractivity contribution in [2.45, 2.75) is 4.21 Å². The van der Waals surface area contributed by atoms with Gasteiger partial charge in [0.1, 0.15) is 15.7 Å². The molecule has 2 aromatic rings. The number of nitrogens with one attached hydrogen (secondary N) is 1. The molecular formula is C10H8BrFN2O2S2. The molecule has 3 N–H and O–H groups in total. The first-order chi connectivity index (χ1) is 8.40. The van der Waals surface area contributed by atoms with Crippen LogP contribution in [0.4, 0.5) is 15.8 Å². The molecule has 0 spiro atoms. The molecule has 8 heteroatoms. The Bertz CT molecular complexity index is 665. The highest BCUT2D eigenvalue weighted by Crippen LogP contribution is 2.30. The maximum Gasteiger partial charge on any atom is 0.271 e. The van der Waals surface area contributed by atoms with Crippen LogP contribution in [0.2, 0.25) is 0 Å². The highest BCUT2D eigenvalue weighted by atomic mass is 79.9. The van der Waals surface area contributed by atoms with Gasteiger partial charge in [-0.1, -0.05) is 6.07 Å². The van der Waals surface area contributed by atoms with Gasteiger partial charge in [0.15, 0.2) is 0 Å². The normalized spacial score (nSPS) is 11.4. The van der Waals surface area contributed by atoms with E-state index < -0.39 is 15.8 Å². The molecule has 0 aliphatic heterocycles. The van der Waals surface area contributed by atoms with Gasteiger partial charge in [-0.05, 0) is 40.2 Å². The van der Waals surface area contributed by atoms with E-state index in [0.29, 0.717) is 3.79 Å². The van der Waals surface area contributed by atoms with E-state index in [2.05, 4.69) is 20.7 Å². The summed E-state index contributed by atoms with van der Waals surface area (Å²) in [6.45, 7) is 0. The second kappa shape index (κ2) is 4.87. The lowest BCUT2D eigenvalue weighted by Crippen LogP contribution is -2.14. The average molecular weight is 351 g/mol. The monoisotopic (exact) mass is 350 g/mol. The summed E-state index contributed by atoms with van der Waals surface area (Å²) in [5, 5.41) is 0. The van der Waals surface area contributed by atoms with Gasteiger partial charge in [-0.15, -0.1) is 11.3 Å². The third-order valence-electron chi connectivity index (χ3n) is 2.10. The minimum Gasteiger partial charge on any atom is -0.397 e. The predicted octanol–water partition coefficient (Wildman–Crippen LogP) is 3.03. The molecule has 0 saturated heterocycles. The lowest BCUT2D eigenvalue weighted by Gasteiger charge is -2.09. The largest absolute Gasteiger partial charge is 0.397 e. The van der Waals surface area contributed by atoms with Crippen LogP contribution >= 0.6 is 27.3 Å². The smallest absolute Gasteiger partial charge is 0.271 e. The number of benzene rings is 1. The van der Waals surface area contributed by atoms with Crippen molar-refractivity contribution >= 4 is 48.7 Å². The molecule has 96 valence electrons. The molecular weight excluding hydrogens is 343 g/mol. The minimum atomic E-state index is -3.82. The highest BCUT2D eigenvalue weighted by Gasteiger charge is 2.19. The fraction of sp³-hybridized carbons (Fsp3) is 0. The number of halogens is 2. The van der Waals surface area contributed by atoms with Crippen LogP contribution in [0.1, 0.15) is 0 Å². The Morgan fingerprint density at radius 2 is 2.00 bits per heavy atom. The van der Waals surface area contributed by atoms with Crippen molar-refractivity contribution in [1.29, 1.82) is 0 Å². The molecule has 0 unspecified atom stereocenters. The van der Waals surface area contributed by atoms with Crippen molar-refractivity contribution < 1.29 is 12.8 Å². The lowest BCUT2D eigenvalue weighted by molar-refractivity contribution is 0.600. The van der Waals surface area contributed by atoms with Crippen molar-refractivity contribution in [2.24, 2.45) is 0 Å². The summed E-state index contributed by atoms with van der Waals surface area (Å²) >= 11 is 4.20. The number of hydrogen-bond acceptors (Lipinski definition) is 4. The second-order valence-corrected chi connectivity index (χ2v) is 7.74. The number of hydrogen-bond donors (Lipinski definition) is 2. The van der Waals surface area contributed by atoms with Gasteiger partial charge in [-0.2, -0.15) is 0 Å². The van der Waals surface area contributed by atoms with Gasteiger partial charge in [-0.25, -0.2) is 12.8 Å². The molecule has 0 bridgehead atoms. The molecule has 1 aromatic carbocycles. The van der Waals surface area contributed by atoms with Gasteiger partial charge in [0.05, 0.1) is 9.47 Å². The first-order valence-electron chi connectivity index (χ1n) is 4.72. The Labute approximate surface area is 116 Å². The number of rotatable bonds is 3. The van der Waals surface area contributed by atoms with Crippen LogP contribution in [0.15, 0.2) is 38.3 Å². The fourth-order valence-corrected chi connectivity index (χ4v) is 4.38. The molecule has 0 aliphatic carbocycles. The van der Waals surface area contributed by atoms with Gasteiger partial charge in [0, 0.05) is 0 Å². The Balaban J connectivity index is 2.40. The summed E-state index contributed by atoms with van der Waals surface area (Å²) in [5.41, 5.74) is 5.34. The summed E-state index contributed by atoms with van der Waals surface area (Å²) in [5.74, 6) is -0.714. The lowest BCUT2D eigenvalue weighted by atomic mass is 10.3. The van der Waals surface area contributed by atoms with Crippen molar-refractivity contribution in [1.82, 2.24) is 0 Å². The van der Waals surface area contributed by atoms with Gasteiger partial charge in [0.2, 0.25) is 0 Å². The summed E-state index contributed by atoms with van der Waals surface area (Å²) in [6.07, 6.45) is 0. The SMILES string of the molecule is Nc1cccc(F)c1NS(=O)(=O)c1ccc(Br)s1. The molecule has 18 heavy (non-hydrogen) atoms. The molecule has 1 aromatic heterocycles. The molecule has 1 heterocycles. The second-order valence-electron chi connectivity index (χ2n) is 3.37. The van der Waals surface area contributed by atoms with Gasteiger partial charge >= 0.3 is 0 Å². The van der Waals surface area contributed by atoms with Crippen LogP contribution < -0.4 is 10.5 Å². The summed E-state index contributed by atoms with van der Waals surface area (Å²) in [7, 11) is -3.82. The highest BCUT2D eigenvalue weighted by molar-refractivity contribution is 9.11. The van der Waals surface area contributed by atoms with Crippen LogP contribution in [0.25, 0.3) is 0 Å². The Morgan fingerprint density at radius 3 is 2.56 bits per heavy atom. The summed E-state index contributed by atoms with van der Waals surface area (Å²) < 4.78 is 40.3. The van der Waals surface area contributed by atoms with E-state index in [0.717, 1.165) is 17.4 Å². The van der Waals surface area contributed by atoms with E-state index in [1.165, 1.54) is 18.2 Å². The number of nitrogens with two attached hydrogens (primary N) is 1. The molecule has 0 radical (unpaired) electrons. The molecule has 4 nitrogen and oxygen atoms in total. The van der Waals surface area contributed by atoms with E-state index >= 15 is 0 Å². The Hall–Kier alpha value is -1.12. The number of para-hydroxylation sites is 1. The van der Waals surface area contributed by atoms with Crippen LogP contribution in [-0.4, -0.2) is 8.42 Å². The van der Waals surface area contributed by atoms with Crippen LogP contribution in [-0.2, 0) is 10.0 Å². The first kappa shape index (κ1) is 13.3. The van der Waals surface area contributed by atoms with E-state index in [4.69, 9.17) is 5.73 Å². The number of anilines is 2. The summed E-state index contributed by atoms with van der Waals surface area (Å²) in [4.78, 5) is 0. The molecule has 0 aliphatic rings. The zero-order chi connectivity index (χ0) is 13.3. The van der Waals surface area contributed by atoms with E-state index in [1.807, 2.05) is 0 Å². The van der Waals surface area contributed by atoms with Gasteiger partial charge < -0.3 is 5.73 Å². The van der Waals surface area contributed by atoms with Gasteiger partial charge in [0.25, 0.3) is 10.0 Å². The standard InChI is InChI=1S/C10H8BrFN2O2S2/c11-8-4-5-9(17-8)18(15,16)14-10-6(12)2-1-3-7(10)13/h1-5,14H,13H2. The minimum absolute atomic E-state index is 0.0363. The zero-order valence-corrected chi connectivity index (χ0v) is 12.1. The fourth-order valence-electron chi connectivity index (χ4n) is 1.28. The van der Waals surface area contributed by atoms with Crippen molar-refractivity contribution in [3.05, 3.63) is 39.9 Å². The number of sulfonamides is 1. The van der Waals surface area contributed by atoms with E-state index in [9.17, 15) is 12.8 Å². The molecule has 2 rings (SSSR count). The third-order valence-corrected chi connectivity index (χ3v) is 5.56. The van der Waals surface area contributed by atoms with Crippen LogP contribution in [0.5, 0.6) is 0 Å². The zero-order valence-electron chi connectivity index (χ0n) is 8.85. The van der Waals surface area contributed by atoms with E-state index in [1.54, 1.807) is 6.07 Å². The van der Waals surface area contributed by atoms with Crippen molar-refractivity contribution in [2.75, 3.05) is 10.5 Å². The predicted molar refractivity (Wildman–Crippen MR) is 73.6 cm³/mol. The molecule has 0 amide bonds. The topological polar surface area (TPSA) is 72.2 Å². The van der Waals surface area contributed by atoms with E-state index in [-0.39, 0.29) is 15.6 Å². The van der Waals surface area contributed by atoms with Gasteiger partial charge in [-0.3, -0.25) is 4.72 Å². The molecule has 0 fully saturated rings. The quantitative estimate of drug-likeness (QED) is 0.835. The number of nitrogen functional groups attached to an aromatic ring is 1. The molecule has 0 saturated carbocycles. The van der Waals surface area contributed by atoms with Crippen LogP contribution in [0, 0.1) is 5.82 Å². The third kappa shape index (κ3) is 2.65. The maximum absolute atomic E-state index is 13.5. The first-order valence-corrected chi connectivity index (χ1v) is 7.81. The Morgan fingerprint density at radius 1 is 1.28 bits per heavy atom. The number of thiophene rings is 1. The average Bonchev–Trinajstić information content (AvgIpc) is 2.71. The maximum atomic E-state index is 13.5. The summed E-state index contributed by atoms with van der Waals surface area (Å²) in [6, 6.07) is 6.99. The Kier molecular flexibility index (Phi) is 3.60. The van der Waals surface area contributed by atoms with Crippen LogP contribution in [0.3, 0.4) is 0 Å².